The molecule has 0 aromatic carbocycles. The molecule has 0 bridgehead atoms. The van der Waals surface area contributed by atoms with Gasteiger partial charge >= 0.3 is 6.18 Å². The zero-order chi connectivity index (χ0) is 72.5. The summed E-state index contributed by atoms with van der Waals surface area (Å²) in [6.45, 7) is 16.4. The van der Waals surface area contributed by atoms with Crippen LogP contribution in [0.1, 0.15) is 184 Å². The van der Waals surface area contributed by atoms with Crippen LogP contribution in [0.2, 0.25) is 0 Å². The summed E-state index contributed by atoms with van der Waals surface area (Å²) in [5.74, 6) is -11.1. The Bertz CT molecular complexity index is 2850. The fraction of sp³-hybridized carbons (Fsp3) is 0.826. The molecular formula is C69H112ClF3N12O12. The van der Waals surface area contributed by atoms with Gasteiger partial charge in [-0.1, -0.05) is 74.7 Å². The first-order chi connectivity index (χ1) is 45.4. The van der Waals surface area contributed by atoms with E-state index in [-0.39, 0.29) is 101 Å². The molecule has 0 aromatic heterocycles. The molecule has 1 spiro atoms. The van der Waals surface area contributed by atoms with Gasteiger partial charge in [0.2, 0.25) is 70.9 Å². The molecule has 13 atom stereocenters. The number of piperidine rings is 1. The van der Waals surface area contributed by atoms with Crippen LogP contribution in [0.25, 0.3) is 0 Å². The molecule has 2 aliphatic carbocycles. The highest BCUT2D eigenvalue weighted by molar-refractivity contribution is 6.21. The third kappa shape index (κ3) is 19.0. The van der Waals surface area contributed by atoms with E-state index in [1.807, 2.05) is 34.6 Å². The molecule has 548 valence electrons. The van der Waals surface area contributed by atoms with E-state index >= 15 is 14.4 Å². The van der Waals surface area contributed by atoms with Crippen molar-refractivity contribution in [2.24, 2.45) is 35.5 Å². The van der Waals surface area contributed by atoms with Crippen LogP contribution in [0.4, 0.5) is 13.2 Å². The number of carbonyl (C=O) groups is 12. The van der Waals surface area contributed by atoms with Crippen molar-refractivity contribution in [1.29, 1.82) is 0 Å². The van der Waals surface area contributed by atoms with Crippen molar-refractivity contribution in [3.63, 3.8) is 0 Å². The van der Waals surface area contributed by atoms with Crippen molar-refractivity contribution in [3.05, 3.63) is 0 Å². The molecule has 3 unspecified atom stereocenters. The number of rotatable bonds is 11. The molecule has 4 saturated heterocycles. The fourth-order valence-electron chi connectivity index (χ4n) is 15.2. The van der Waals surface area contributed by atoms with Crippen LogP contribution in [0, 0.1) is 35.5 Å². The van der Waals surface area contributed by atoms with E-state index in [4.69, 9.17) is 11.6 Å². The number of nitrogens with one attached hydrogen (secondary N) is 3. The number of hydrogen-bond donors (Lipinski definition) is 3. The molecular weight excluding hydrogens is 1280 g/mol. The Balaban J connectivity index is 1.41. The zero-order valence-electron chi connectivity index (χ0n) is 60.1. The summed E-state index contributed by atoms with van der Waals surface area (Å²) in [4.78, 5) is 190. The van der Waals surface area contributed by atoms with Crippen molar-refractivity contribution < 1.29 is 70.7 Å². The maximum absolute atomic E-state index is 15.4. The van der Waals surface area contributed by atoms with E-state index < -0.39 is 173 Å². The molecule has 4 heterocycles. The molecule has 4 aliphatic heterocycles. The molecule has 6 fully saturated rings. The Hall–Kier alpha value is -6.28. The van der Waals surface area contributed by atoms with Gasteiger partial charge in [0, 0.05) is 73.8 Å². The highest BCUT2D eigenvalue weighted by Gasteiger charge is 2.52. The lowest BCUT2D eigenvalue weighted by Gasteiger charge is -2.45. The zero-order valence-corrected chi connectivity index (χ0v) is 60.9. The standard InChI is InChI=1S/C69H112ClF3N12O12/c1-16-43(8)56-65(95)78(11)44(9)60(90)85-34-28-50(85)63(93)80(13)52(36-41(4)5)62(92)77(10)39-54(86)74-48(27-25-45-24-26-46(47(70)37-45)69(71,72)73)61(91)84-33-22-23-49(84)59(89)76-68(29-18-19-30-68)67(97)82(15)57(42(6)7)66(96)81(14)53(64(94)83-31-20-17-21-32-83)38-55(87)79(12)51(35-40(2)3)58(88)75-56/h40-53,56-57H,16-39H2,1-15H3,(H,74,86)(H,75,88)(H,76,89)/t43-,44-,45?,46?,47?,48-,49-,50-,51-,52-,53-,56-,57-/m0/s1. The maximum Gasteiger partial charge on any atom is 0.393 e. The van der Waals surface area contributed by atoms with Gasteiger partial charge in [0.1, 0.15) is 59.9 Å². The topological polar surface area (TPSA) is 270 Å². The number of hydrogen-bond acceptors (Lipinski definition) is 12. The van der Waals surface area contributed by atoms with Gasteiger partial charge in [0.25, 0.3) is 0 Å². The lowest BCUT2D eigenvalue weighted by Crippen LogP contribution is -2.65. The van der Waals surface area contributed by atoms with Crippen LogP contribution in [0.15, 0.2) is 0 Å². The SMILES string of the molecule is CC[C@H](C)[C@@H]1NC(=O)[C@H](CC(C)C)N(C)C(=O)C[C@@H](C(=O)N2CCCCC2)N(C)C(=O)[C@H](C(C)C)N(C)C(=O)C2(CCCC2)NC(=O)[C@@H]2CCCN2C(=O)[C@H](CCC2CCC(C(F)(F)F)C(Cl)C2)NC(=O)CN(C)C(=O)[C@H](CC(C)C)N(C)C(=O)[C@@H]2CCN2C(=O)[C@H](C)N(C)C1=O. The summed E-state index contributed by atoms with van der Waals surface area (Å²) >= 11 is 6.38. The molecule has 2 saturated carbocycles. The number of likely N-dealkylation sites (N-methyl/N-ethyl adjacent to an activating group) is 6. The van der Waals surface area contributed by atoms with Crippen molar-refractivity contribution >= 4 is 82.5 Å². The maximum atomic E-state index is 15.4. The van der Waals surface area contributed by atoms with Gasteiger partial charge in [0.15, 0.2) is 0 Å². The van der Waals surface area contributed by atoms with E-state index in [1.54, 1.807) is 25.7 Å². The minimum atomic E-state index is -4.51. The summed E-state index contributed by atoms with van der Waals surface area (Å²) in [6.07, 6.45) is -0.0309. The normalized spacial score (nSPS) is 30.5. The molecule has 0 aromatic rings. The van der Waals surface area contributed by atoms with Gasteiger partial charge in [-0.25, -0.2) is 0 Å². The number of nitrogens with zero attached hydrogens (tertiary/aromatic N) is 9. The van der Waals surface area contributed by atoms with E-state index in [2.05, 4.69) is 16.0 Å². The number of likely N-dealkylation sites (tertiary alicyclic amines) is 1. The lowest BCUT2D eigenvalue weighted by atomic mass is 9.78. The van der Waals surface area contributed by atoms with Crippen LogP contribution >= 0.6 is 11.6 Å². The number of fused-ring (bicyclic) bond motifs is 2. The van der Waals surface area contributed by atoms with Gasteiger partial charge in [-0.15, -0.1) is 11.6 Å². The van der Waals surface area contributed by atoms with Crippen LogP contribution in [-0.2, 0) is 57.5 Å². The van der Waals surface area contributed by atoms with Crippen molar-refractivity contribution in [2.75, 3.05) is 75.0 Å². The van der Waals surface area contributed by atoms with Crippen molar-refractivity contribution in [1.82, 2.24) is 60.0 Å². The third-order valence-corrected chi connectivity index (χ3v) is 22.2. The predicted molar refractivity (Wildman–Crippen MR) is 358 cm³/mol. The first kappa shape index (κ1) is 79.7. The monoisotopic (exact) mass is 1390 g/mol. The second kappa shape index (κ2) is 34.2. The average molecular weight is 1390 g/mol. The van der Waals surface area contributed by atoms with Gasteiger partial charge in [-0.3, -0.25) is 57.5 Å². The molecule has 3 N–H and O–H groups in total. The number of halogens is 4. The first-order valence-corrected chi connectivity index (χ1v) is 35.9. The minimum absolute atomic E-state index is 0.00406. The van der Waals surface area contributed by atoms with Crippen molar-refractivity contribution in [3.8, 4) is 0 Å². The van der Waals surface area contributed by atoms with Crippen molar-refractivity contribution in [2.45, 2.75) is 256 Å². The second-order valence-corrected chi connectivity index (χ2v) is 30.5. The predicted octanol–water partition coefficient (Wildman–Crippen LogP) is 5.17. The summed E-state index contributed by atoms with van der Waals surface area (Å²) in [5, 5.41) is 7.54. The van der Waals surface area contributed by atoms with Gasteiger partial charge in [-0.2, -0.15) is 13.2 Å². The van der Waals surface area contributed by atoms with Gasteiger partial charge in [0.05, 0.1) is 18.9 Å². The van der Waals surface area contributed by atoms with Gasteiger partial charge in [-0.05, 0) is 133 Å². The van der Waals surface area contributed by atoms with E-state index in [0.717, 1.165) is 11.3 Å². The summed E-state index contributed by atoms with van der Waals surface area (Å²) in [6, 6.07) is -10.9. The van der Waals surface area contributed by atoms with Crippen LogP contribution in [-0.4, -0.2) is 261 Å². The minimum Gasteiger partial charge on any atom is -0.343 e. The summed E-state index contributed by atoms with van der Waals surface area (Å²) in [5.41, 5.74) is -1.56. The summed E-state index contributed by atoms with van der Waals surface area (Å²) in [7, 11) is 8.54. The average Bonchev–Trinajstić information content (AvgIpc) is 1.76. The summed E-state index contributed by atoms with van der Waals surface area (Å²) < 4.78 is 41.9. The Kier molecular flexibility index (Phi) is 28.1. The Morgan fingerprint density at radius 2 is 1.22 bits per heavy atom. The highest BCUT2D eigenvalue weighted by atomic mass is 35.5. The Labute approximate surface area is 577 Å². The van der Waals surface area contributed by atoms with Crippen LogP contribution in [0.3, 0.4) is 0 Å². The molecule has 0 radical (unpaired) electrons. The number of amides is 12. The number of carbonyl (C=O) groups excluding carboxylic acids is 12. The highest BCUT2D eigenvalue weighted by Crippen LogP contribution is 2.44. The third-order valence-electron chi connectivity index (χ3n) is 21.7. The quantitative estimate of drug-likeness (QED) is 0.226. The Morgan fingerprint density at radius 1 is 0.608 bits per heavy atom. The van der Waals surface area contributed by atoms with Gasteiger partial charge < -0.3 is 60.0 Å². The van der Waals surface area contributed by atoms with E-state index in [9.17, 15) is 56.3 Å². The molecule has 12 amide bonds. The van der Waals surface area contributed by atoms with E-state index in [1.165, 1.54) is 83.5 Å². The Morgan fingerprint density at radius 3 is 1.77 bits per heavy atom. The molecule has 24 nitrogen and oxygen atoms in total. The molecule has 28 heteroatoms. The molecule has 6 rings (SSSR count). The lowest BCUT2D eigenvalue weighted by molar-refractivity contribution is -0.182. The fourth-order valence-corrected chi connectivity index (χ4v) is 15.7. The van der Waals surface area contributed by atoms with E-state index in [0.29, 0.717) is 51.6 Å². The second-order valence-electron chi connectivity index (χ2n) is 29.9. The molecule has 6 aliphatic rings. The number of alkyl halides is 4. The molecule has 97 heavy (non-hydrogen) atoms. The van der Waals surface area contributed by atoms with Crippen LogP contribution in [0.5, 0.6) is 0 Å². The van der Waals surface area contributed by atoms with Crippen LogP contribution < -0.4 is 16.0 Å². The smallest absolute Gasteiger partial charge is 0.343 e. The first-order valence-electron chi connectivity index (χ1n) is 35.5. The largest absolute Gasteiger partial charge is 0.393 e.